The topological polar surface area (TPSA) is 56.2 Å². The van der Waals surface area contributed by atoms with Crippen molar-refractivity contribution >= 4 is 27.5 Å². The molecule has 1 fully saturated rings. The molecule has 3 heterocycles. The predicted octanol–water partition coefficient (Wildman–Crippen LogP) is 3.73. The molecule has 0 bridgehead atoms. The Kier molecular flexibility index (Phi) is 4.50. The van der Waals surface area contributed by atoms with E-state index in [2.05, 4.69) is 10.4 Å². The first-order valence-electron chi connectivity index (χ1n) is 8.64. The van der Waals surface area contributed by atoms with Crippen LogP contribution in [0.5, 0.6) is 0 Å². The van der Waals surface area contributed by atoms with Crippen molar-refractivity contribution in [2.75, 3.05) is 6.61 Å². The van der Waals surface area contributed by atoms with E-state index in [0.717, 1.165) is 34.3 Å². The van der Waals surface area contributed by atoms with Gasteiger partial charge in [-0.15, -0.1) is 11.3 Å². The summed E-state index contributed by atoms with van der Waals surface area (Å²) in [4.78, 5) is 14.5. The maximum atomic E-state index is 13.3. The lowest BCUT2D eigenvalue weighted by Crippen LogP contribution is -2.35. The molecule has 7 heteroatoms. The number of rotatable bonds is 4. The Bertz CT molecular complexity index is 907. The van der Waals surface area contributed by atoms with E-state index in [4.69, 9.17) is 4.74 Å². The van der Waals surface area contributed by atoms with Crippen LogP contribution in [0.15, 0.2) is 30.3 Å². The first-order valence-corrected chi connectivity index (χ1v) is 9.45. The number of ether oxygens (including phenoxy) is 1. The van der Waals surface area contributed by atoms with Gasteiger partial charge in [-0.25, -0.2) is 4.39 Å². The van der Waals surface area contributed by atoms with Crippen LogP contribution in [0.3, 0.4) is 0 Å². The molecular formula is C19H20FN3O2S. The van der Waals surface area contributed by atoms with Crippen LogP contribution in [0.4, 0.5) is 4.39 Å². The zero-order valence-electron chi connectivity index (χ0n) is 14.7. The van der Waals surface area contributed by atoms with Crippen LogP contribution in [0.2, 0.25) is 0 Å². The van der Waals surface area contributed by atoms with E-state index in [1.54, 1.807) is 16.8 Å². The number of aryl methyl sites for hydroxylation is 2. The summed E-state index contributed by atoms with van der Waals surface area (Å²) in [6, 6.07) is 7.84. The Morgan fingerprint density at radius 2 is 2.19 bits per heavy atom. The molecule has 26 heavy (non-hydrogen) atoms. The number of amides is 1. The summed E-state index contributed by atoms with van der Waals surface area (Å²) >= 11 is 1.42. The number of hydrogen-bond donors (Lipinski definition) is 1. The second kappa shape index (κ2) is 6.81. The van der Waals surface area contributed by atoms with E-state index in [1.807, 2.05) is 20.0 Å². The van der Waals surface area contributed by atoms with E-state index < -0.39 is 0 Å². The Hall–Kier alpha value is -2.25. The second-order valence-corrected chi connectivity index (χ2v) is 7.62. The van der Waals surface area contributed by atoms with Crippen molar-refractivity contribution in [3.8, 4) is 0 Å². The van der Waals surface area contributed by atoms with Gasteiger partial charge in [-0.3, -0.25) is 9.48 Å². The molecule has 1 aliphatic rings. The minimum Gasteiger partial charge on any atom is -0.376 e. The largest absolute Gasteiger partial charge is 0.376 e. The number of nitrogens with one attached hydrogen (secondary N) is 1. The van der Waals surface area contributed by atoms with Crippen molar-refractivity contribution in [2.24, 2.45) is 7.05 Å². The van der Waals surface area contributed by atoms with Crippen molar-refractivity contribution in [3.05, 3.63) is 52.3 Å². The lowest BCUT2D eigenvalue weighted by Gasteiger charge is -2.24. The number of nitrogens with zero attached hydrogens (tertiary/aromatic N) is 2. The Labute approximate surface area is 154 Å². The zero-order chi connectivity index (χ0) is 18.3. The summed E-state index contributed by atoms with van der Waals surface area (Å²) in [5.41, 5.74) is 1.76. The zero-order valence-corrected chi connectivity index (χ0v) is 15.5. The minimum absolute atomic E-state index is 0.0952. The molecule has 3 aromatic rings. The third-order valence-corrected chi connectivity index (χ3v) is 5.97. The summed E-state index contributed by atoms with van der Waals surface area (Å²) in [6.45, 7) is 2.62. The summed E-state index contributed by atoms with van der Waals surface area (Å²) in [6.07, 6.45) is 1.74. The fourth-order valence-corrected chi connectivity index (χ4v) is 4.48. The fraction of sp³-hybridized carbons (Fsp3) is 0.368. The molecule has 1 amide bonds. The van der Waals surface area contributed by atoms with Gasteiger partial charge >= 0.3 is 0 Å². The normalized spacial score (nSPS) is 18.3. The summed E-state index contributed by atoms with van der Waals surface area (Å²) in [7, 11) is 1.88. The Morgan fingerprint density at radius 3 is 2.85 bits per heavy atom. The average Bonchev–Trinajstić information content (AvgIpc) is 3.34. The van der Waals surface area contributed by atoms with E-state index >= 15 is 0 Å². The third kappa shape index (κ3) is 3.12. The summed E-state index contributed by atoms with van der Waals surface area (Å²) in [5.74, 6) is -0.436. The molecule has 4 rings (SSSR count). The highest BCUT2D eigenvalue weighted by Gasteiger charge is 2.29. The van der Waals surface area contributed by atoms with Gasteiger partial charge in [-0.2, -0.15) is 5.10 Å². The van der Waals surface area contributed by atoms with Gasteiger partial charge in [0.05, 0.1) is 22.7 Å². The maximum Gasteiger partial charge on any atom is 0.262 e. The van der Waals surface area contributed by atoms with Crippen LogP contribution >= 0.6 is 11.3 Å². The molecule has 5 nitrogen and oxygen atoms in total. The number of benzene rings is 1. The standard InChI is InChI=1S/C19H20FN3O2S/c1-11-14-10-16(26-19(14)23(2)22-11)18(24)21-17(15-4-3-9-25-15)12-5-7-13(20)8-6-12/h5-8,10,15,17H,3-4,9H2,1-2H3,(H,21,24)/t15-,17-/m1/s1. The van der Waals surface area contributed by atoms with Crippen molar-refractivity contribution in [2.45, 2.75) is 31.9 Å². The monoisotopic (exact) mass is 373 g/mol. The predicted molar refractivity (Wildman–Crippen MR) is 98.9 cm³/mol. The van der Waals surface area contributed by atoms with Crippen LogP contribution in [-0.2, 0) is 11.8 Å². The van der Waals surface area contributed by atoms with E-state index in [-0.39, 0.29) is 23.9 Å². The van der Waals surface area contributed by atoms with Crippen molar-refractivity contribution < 1.29 is 13.9 Å². The van der Waals surface area contributed by atoms with Gasteiger partial charge in [0.15, 0.2) is 0 Å². The highest BCUT2D eigenvalue weighted by Crippen LogP contribution is 2.30. The number of fused-ring (bicyclic) bond motifs is 1. The molecule has 0 aliphatic carbocycles. The molecule has 0 radical (unpaired) electrons. The summed E-state index contributed by atoms with van der Waals surface area (Å²) in [5, 5.41) is 8.46. The molecule has 1 aliphatic heterocycles. The van der Waals surface area contributed by atoms with Crippen LogP contribution in [0.1, 0.15) is 39.8 Å². The molecule has 2 atom stereocenters. The van der Waals surface area contributed by atoms with E-state index in [1.165, 1.54) is 23.5 Å². The fourth-order valence-electron chi connectivity index (χ4n) is 3.46. The van der Waals surface area contributed by atoms with Crippen molar-refractivity contribution in [3.63, 3.8) is 0 Å². The van der Waals surface area contributed by atoms with Gasteiger partial charge in [0.1, 0.15) is 10.6 Å². The average molecular weight is 373 g/mol. The maximum absolute atomic E-state index is 13.3. The highest BCUT2D eigenvalue weighted by atomic mass is 32.1. The van der Waals surface area contributed by atoms with Gasteiger partial charge in [0.2, 0.25) is 0 Å². The molecule has 0 spiro atoms. The molecular weight excluding hydrogens is 353 g/mol. The van der Waals surface area contributed by atoms with E-state index in [0.29, 0.717) is 11.5 Å². The molecule has 2 aromatic heterocycles. The first-order chi connectivity index (χ1) is 12.5. The first kappa shape index (κ1) is 17.2. The van der Waals surface area contributed by atoms with Crippen LogP contribution in [0, 0.1) is 12.7 Å². The third-order valence-electron chi connectivity index (χ3n) is 4.77. The number of hydrogen-bond acceptors (Lipinski definition) is 4. The molecule has 0 unspecified atom stereocenters. The molecule has 0 saturated carbocycles. The Balaban J connectivity index is 1.62. The highest BCUT2D eigenvalue weighted by molar-refractivity contribution is 7.20. The number of halogens is 1. The molecule has 136 valence electrons. The molecule has 1 aromatic carbocycles. The smallest absolute Gasteiger partial charge is 0.262 e. The lowest BCUT2D eigenvalue weighted by molar-refractivity contribution is 0.0674. The van der Waals surface area contributed by atoms with Crippen LogP contribution in [-0.4, -0.2) is 28.4 Å². The second-order valence-electron chi connectivity index (χ2n) is 6.59. The van der Waals surface area contributed by atoms with Crippen molar-refractivity contribution in [1.82, 2.24) is 15.1 Å². The number of aromatic nitrogens is 2. The quantitative estimate of drug-likeness (QED) is 0.758. The van der Waals surface area contributed by atoms with Gasteiger partial charge in [0, 0.05) is 19.0 Å². The number of thiophene rings is 1. The molecule has 1 N–H and O–H groups in total. The van der Waals surface area contributed by atoms with Gasteiger partial charge in [0.25, 0.3) is 5.91 Å². The van der Waals surface area contributed by atoms with Gasteiger partial charge in [-0.1, -0.05) is 12.1 Å². The molecule has 1 saturated heterocycles. The number of carbonyl (C=O) groups excluding carboxylic acids is 1. The van der Waals surface area contributed by atoms with Crippen LogP contribution in [0.25, 0.3) is 10.2 Å². The lowest BCUT2D eigenvalue weighted by atomic mass is 9.99. The summed E-state index contributed by atoms with van der Waals surface area (Å²) < 4.78 is 20.9. The van der Waals surface area contributed by atoms with Crippen LogP contribution < -0.4 is 5.32 Å². The minimum atomic E-state index is -0.296. The van der Waals surface area contributed by atoms with Gasteiger partial charge in [-0.05, 0) is 43.5 Å². The Morgan fingerprint density at radius 1 is 1.42 bits per heavy atom. The van der Waals surface area contributed by atoms with Crippen molar-refractivity contribution in [1.29, 1.82) is 0 Å². The SMILES string of the molecule is Cc1nn(C)c2sc(C(=O)N[C@H](c3ccc(F)cc3)[C@H]3CCCO3)cc12. The number of carbonyl (C=O) groups is 1. The van der Waals surface area contributed by atoms with E-state index in [9.17, 15) is 9.18 Å². The van der Waals surface area contributed by atoms with Gasteiger partial charge < -0.3 is 10.1 Å².